The fourth-order valence-corrected chi connectivity index (χ4v) is 0.868. The van der Waals surface area contributed by atoms with Crippen molar-refractivity contribution in [3.8, 4) is 0 Å². The highest BCUT2D eigenvalue weighted by molar-refractivity contribution is 5.69. The van der Waals surface area contributed by atoms with E-state index in [9.17, 15) is 14.9 Å². The number of carbonyl (C=O) groups excluding carboxylic acids is 1. The molecule has 70 valence electrons. The molecule has 12 heavy (non-hydrogen) atoms. The summed E-state index contributed by atoms with van der Waals surface area (Å²) >= 11 is 0. The van der Waals surface area contributed by atoms with E-state index in [4.69, 9.17) is 0 Å². The van der Waals surface area contributed by atoms with Crippen LogP contribution >= 0.6 is 0 Å². The Kier molecular flexibility index (Phi) is 4.99. The minimum atomic E-state index is -0.406. The highest BCUT2D eigenvalue weighted by Gasteiger charge is 2.17. The molecule has 0 saturated carbocycles. The lowest BCUT2D eigenvalue weighted by Crippen LogP contribution is -2.17. The van der Waals surface area contributed by atoms with Crippen LogP contribution in [0.5, 0.6) is 0 Å². The molecule has 0 rings (SSSR count). The molecule has 0 radical (unpaired) electrons. The highest BCUT2D eigenvalue weighted by atomic mass is 16.6. The van der Waals surface area contributed by atoms with Crippen LogP contribution < -0.4 is 0 Å². The first kappa shape index (κ1) is 10.9. The van der Waals surface area contributed by atoms with Gasteiger partial charge in [0.2, 0.25) is 6.54 Å². The summed E-state index contributed by atoms with van der Waals surface area (Å²) in [5.74, 6) is -0.587. The van der Waals surface area contributed by atoms with Gasteiger partial charge in [0.15, 0.2) is 0 Å². The van der Waals surface area contributed by atoms with E-state index in [1.54, 1.807) is 0 Å². The molecule has 0 heterocycles. The van der Waals surface area contributed by atoms with Gasteiger partial charge < -0.3 is 4.74 Å². The molecule has 0 spiro atoms. The average molecular weight is 175 g/mol. The Hall–Kier alpha value is -1.13. The first-order valence-corrected chi connectivity index (χ1v) is 3.78. The van der Waals surface area contributed by atoms with Crippen molar-refractivity contribution < 1.29 is 14.5 Å². The Morgan fingerprint density at radius 2 is 2.25 bits per heavy atom. The zero-order valence-electron chi connectivity index (χ0n) is 7.28. The van der Waals surface area contributed by atoms with Gasteiger partial charge in [0.1, 0.15) is 0 Å². The molecular formula is C7H13NO4. The summed E-state index contributed by atoms with van der Waals surface area (Å²) in [6.45, 7) is 1.66. The van der Waals surface area contributed by atoms with Crippen LogP contribution in [0.25, 0.3) is 0 Å². The Bertz CT molecular complexity index is 169. The molecule has 0 aromatic carbocycles. The first-order chi connectivity index (χ1) is 5.60. The molecule has 0 aromatic rings. The first-order valence-electron chi connectivity index (χ1n) is 3.78. The molecule has 1 unspecified atom stereocenters. The summed E-state index contributed by atoms with van der Waals surface area (Å²) in [6.07, 6.45) is 0.754. The van der Waals surface area contributed by atoms with E-state index in [-0.39, 0.29) is 24.9 Å². The van der Waals surface area contributed by atoms with Crippen molar-refractivity contribution in [2.24, 2.45) is 5.92 Å². The van der Waals surface area contributed by atoms with Crippen LogP contribution in [-0.4, -0.2) is 24.5 Å². The zero-order chi connectivity index (χ0) is 9.56. The van der Waals surface area contributed by atoms with Gasteiger partial charge in [0, 0.05) is 10.8 Å². The molecule has 0 aliphatic carbocycles. The maximum absolute atomic E-state index is 10.7. The standard InChI is InChI=1S/C7H13NO4/c1-3-6(5-8(10)11)4-7(9)12-2/h6H,3-5H2,1-2H3. The molecule has 1 atom stereocenters. The summed E-state index contributed by atoms with van der Waals surface area (Å²) in [7, 11) is 1.28. The van der Waals surface area contributed by atoms with Crippen LogP contribution in [0, 0.1) is 16.0 Å². The summed E-state index contributed by atoms with van der Waals surface area (Å²) in [5.41, 5.74) is 0. The topological polar surface area (TPSA) is 69.4 Å². The third kappa shape index (κ3) is 4.65. The number of esters is 1. The number of nitrogens with zero attached hydrogens (tertiary/aromatic N) is 1. The van der Waals surface area contributed by atoms with Crippen LogP contribution in [0.1, 0.15) is 19.8 Å². The quantitative estimate of drug-likeness (QED) is 0.353. The van der Waals surface area contributed by atoms with Crippen LogP contribution in [0.3, 0.4) is 0 Å². The van der Waals surface area contributed by atoms with Gasteiger partial charge >= 0.3 is 5.97 Å². The largest absolute Gasteiger partial charge is 0.469 e. The molecule has 0 aliphatic rings. The number of methoxy groups -OCH3 is 1. The van der Waals surface area contributed by atoms with Crippen molar-refractivity contribution in [3.63, 3.8) is 0 Å². The Morgan fingerprint density at radius 1 is 1.67 bits per heavy atom. The molecular weight excluding hydrogens is 162 g/mol. The Balaban J connectivity index is 3.82. The maximum atomic E-state index is 10.7. The van der Waals surface area contributed by atoms with Crippen molar-refractivity contribution >= 4 is 5.97 Å². The number of ether oxygens (including phenoxy) is 1. The predicted octanol–water partition coefficient (Wildman–Crippen LogP) is 0.852. The third-order valence-electron chi connectivity index (χ3n) is 1.67. The monoisotopic (exact) mass is 175 g/mol. The summed E-state index contributed by atoms with van der Waals surface area (Å²) in [5, 5.41) is 10.1. The summed E-state index contributed by atoms with van der Waals surface area (Å²) in [6, 6.07) is 0. The van der Waals surface area contributed by atoms with Gasteiger partial charge in [0.25, 0.3) is 0 Å². The zero-order valence-corrected chi connectivity index (χ0v) is 7.28. The van der Waals surface area contributed by atoms with E-state index in [1.165, 1.54) is 7.11 Å². The lowest BCUT2D eigenvalue weighted by molar-refractivity contribution is -0.488. The lowest BCUT2D eigenvalue weighted by Gasteiger charge is -2.07. The number of rotatable bonds is 5. The van der Waals surface area contributed by atoms with Gasteiger partial charge in [-0.05, 0) is 6.42 Å². The van der Waals surface area contributed by atoms with Crippen molar-refractivity contribution in [2.45, 2.75) is 19.8 Å². The average Bonchev–Trinajstić information content (AvgIpc) is 2.02. The van der Waals surface area contributed by atoms with E-state index in [0.717, 1.165) is 0 Å². The summed E-state index contributed by atoms with van der Waals surface area (Å²) in [4.78, 5) is 20.4. The van der Waals surface area contributed by atoms with Gasteiger partial charge in [0.05, 0.1) is 13.5 Å². The van der Waals surface area contributed by atoms with Crippen LogP contribution in [0.15, 0.2) is 0 Å². The fourth-order valence-electron chi connectivity index (χ4n) is 0.868. The fraction of sp³-hybridized carbons (Fsp3) is 0.857. The van der Waals surface area contributed by atoms with Gasteiger partial charge in [-0.2, -0.15) is 0 Å². The number of hydrogen-bond donors (Lipinski definition) is 0. The van der Waals surface area contributed by atoms with Crippen LogP contribution in [0.2, 0.25) is 0 Å². The Labute approximate surface area is 70.9 Å². The van der Waals surface area contributed by atoms with E-state index in [1.807, 2.05) is 6.92 Å². The number of nitro groups is 1. The summed E-state index contributed by atoms with van der Waals surface area (Å²) < 4.78 is 4.40. The normalized spacial score (nSPS) is 12.2. The van der Waals surface area contributed by atoms with Gasteiger partial charge in [-0.3, -0.25) is 14.9 Å². The molecule has 0 aromatic heterocycles. The predicted molar refractivity (Wildman–Crippen MR) is 42.3 cm³/mol. The maximum Gasteiger partial charge on any atom is 0.306 e. The van der Waals surface area contributed by atoms with Gasteiger partial charge in [-0.1, -0.05) is 6.92 Å². The third-order valence-corrected chi connectivity index (χ3v) is 1.67. The molecule has 5 heteroatoms. The molecule has 0 saturated heterocycles. The molecule has 0 aliphatic heterocycles. The van der Waals surface area contributed by atoms with Crippen LogP contribution in [-0.2, 0) is 9.53 Å². The minimum Gasteiger partial charge on any atom is -0.469 e. The lowest BCUT2D eigenvalue weighted by atomic mass is 10.0. The molecule has 0 fully saturated rings. The second-order valence-electron chi connectivity index (χ2n) is 2.57. The second kappa shape index (κ2) is 5.51. The Morgan fingerprint density at radius 3 is 2.58 bits per heavy atom. The molecule has 0 N–H and O–H groups in total. The van der Waals surface area contributed by atoms with Crippen molar-refractivity contribution in [3.05, 3.63) is 10.1 Å². The highest BCUT2D eigenvalue weighted by Crippen LogP contribution is 2.08. The second-order valence-corrected chi connectivity index (χ2v) is 2.57. The number of hydrogen-bond acceptors (Lipinski definition) is 4. The van der Waals surface area contributed by atoms with E-state index in [0.29, 0.717) is 6.42 Å². The SMILES string of the molecule is CCC(CC(=O)OC)C[N+](=O)[O-]. The van der Waals surface area contributed by atoms with Crippen molar-refractivity contribution in [2.75, 3.05) is 13.7 Å². The van der Waals surface area contributed by atoms with Gasteiger partial charge in [-0.25, -0.2) is 0 Å². The molecule has 0 bridgehead atoms. The van der Waals surface area contributed by atoms with Gasteiger partial charge in [-0.15, -0.1) is 0 Å². The smallest absolute Gasteiger partial charge is 0.306 e. The van der Waals surface area contributed by atoms with Crippen molar-refractivity contribution in [1.29, 1.82) is 0 Å². The molecule has 0 amide bonds. The van der Waals surface area contributed by atoms with E-state index in [2.05, 4.69) is 4.74 Å². The molecule has 5 nitrogen and oxygen atoms in total. The number of carbonyl (C=O) groups is 1. The van der Waals surface area contributed by atoms with E-state index < -0.39 is 4.92 Å². The van der Waals surface area contributed by atoms with Crippen LogP contribution in [0.4, 0.5) is 0 Å². The van der Waals surface area contributed by atoms with E-state index >= 15 is 0 Å². The minimum absolute atomic E-state index is 0.133. The van der Waals surface area contributed by atoms with Crippen molar-refractivity contribution in [1.82, 2.24) is 0 Å².